The zero-order chi connectivity index (χ0) is 21.9. The molecule has 0 radical (unpaired) electrons. The van der Waals surface area contributed by atoms with Gasteiger partial charge in [0.2, 0.25) is 0 Å². The topological polar surface area (TPSA) is 49.3 Å². The third-order valence-electron chi connectivity index (χ3n) is 6.49. The predicted molar refractivity (Wildman–Crippen MR) is 129 cm³/mol. The second kappa shape index (κ2) is 9.27. The van der Waals surface area contributed by atoms with Gasteiger partial charge in [-0.3, -0.25) is 14.9 Å². The number of nitrogens with zero attached hydrogens (tertiary/aromatic N) is 3. The van der Waals surface area contributed by atoms with Gasteiger partial charge in [0, 0.05) is 23.3 Å². The second-order valence-electron chi connectivity index (χ2n) is 8.52. The Morgan fingerprint density at radius 1 is 0.938 bits per heavy atom. The van der Waals surface area contributed by atoms with Crippen molar-refractivity contribution in [2.45, 2.75) is 25.3 Å². The molecule has 1 fully saturated rings. The van der Waals surface area contributed by atoms with Gasteiger partial charge in [0.25, 0.3) is 0 Å². The summed E-state index contributed by atoms with van der Waals surface area (Å²) in [6.07, 6.45) is 6.83. The number of hydrogen-bond acceptors (Lipinski definition) is 4. The molecule has 4 aromatic rings. The van der Waals surface area contributed by atoms with E-state index in [1.54, 1.807) is 6.20 Å². The molecule has 2 aromatic heterocycles. The van der Waals surface area contributed by atoms with Crippen molar-refractivity contribution in [3.8, 4) is 5.75 Å². The van der Waals surface area contributed by atoms with E-state index in [1.807, 2.05) is 42.6 Å². The first-order chi connectivity index (χ1) is 15.7. The number of aromatic hydroxyl groups is 1. The summed E-state index contributed by atoms with van der Waals surface area (Å²) in [6.45, 7) is 1.88. The molecule has 0 aliphatic carbocycles. The molecule has 2 aromatic carbocycles. The van der Waals surface area contributed by atoms with Crippen LogP contribution in [-0.2, 0) is 6.42 Å². The van der Waals surface area contributed by atoms with Crippen LogP contribution < -0.4 is 0 Å². The summed E-state index contributed by atoms with van der Waals surface area (Å²) in [6, 6.07) is 22.1. The molecule has 3 heterocycles. The number of pyridine rings is 2. The highest BCUT2D eigenvalue weighted by Gasteiger charge is 2.31. The van der Waals surface area contributed by atoms with Gasteiger partial charge < -0.3 is 5.11 Å². The molecule has 1 saturated heterocycles. The van der Waals surface area contributed by atoms with Crippen LogP contribution >= 0.6 is 11.6 Å². The Morgan fingerprint density at radius 3 is 2.44 bits per heavy atom. The molecular formula is C27H26ClN3O. The Morgan fingerprint density at radius 2 is 1.69 bits per heavy atom. The highest BCUT2D eigenvalue weighted by molar-refractivity contribution is 6.35. The number of piperidine rings is 1. The Labute approximate surface area is 193 Å². The molecule has 5 rings (SSSR count). The standard InChI is InChI=1S/C27H26ClN3O/c28-23-18-22(27(32)25-21(23)9-6-14-30-25)26(24-10-4-5-13-29-24)31-15-11-20(12-16-31)17-19-7-2-1-3-8-19/h1-10,13-14,18,20,26,32H,11-12,15-17H2/t26-/m1/s1. The van der Waals surface area contributed by atoms with E-state index in [1.165, 1.54) is 5.56 Å². The number of hydrogen-bond donors (Lipinski definition) is 1. The Kier molecular flexibility index (Phi) is 6.06. The minimum atomic E-state index is -0.169. The van der Waals surface area contributed by atoms with Crippen LogP contribution in [0.2, 0.25) is 5.02 Å². The molecule has 1 aliphatic heterocycles. The first-order valence-corrected chi connectivity index (χ1v) is 11.5. The molecule has 5 heteroatoms. The van der Waals surface area contributed by atoms with Crippen molar-refractivity contribution in [2.24, 2.45) is 5.92 Å². The fraction of sp³-hybridized carbons (Fsp3) is 0.259. The number of likely N-dealkylation sites (tertiary alicyclic amines) is 1. The van der Waals surface area contributed by atoms with Gasteiger partial charge in [-0.1, -0.05) is 48.0 Å². The molecule has 0 amide bonds. The van der Waals surface area contributed by atoms with Gasteiger partial charge in [-0.15, -0.1) is 0 Å². The minimum Gasteiger partial charge on any atom is -0.505 e. The lowest BCUT2D eigenvalue weighted by molar-refractivity contribution is 0.147. The molecule has 0 bridgehead atoms. The van der Waals surface area contributed by atoms with Gasteiger partial charge in [0.1, 0.15) is 11.3 Å². The summed E-state index contributed by atoms with van der Waals surface area (Å²) in [4.78, 5) is 11.5. The molecule has 32 heavy (non-hydrogen) atoms. The van der Waals surface area contributed by atoms with Crippen molar-refractivity contribution in [2.75, 3.05) is 13.1 Å². The first kappa shape index (κ1) is 20.9. The van der Waals surface area contributed by atoms with Crippen molar-refractivity contribution in [1.82, 2.24) is 14.9 Å². The van der Waals surface area contributed by atoms with Crippen LogP contribution in [0, 0.1) is 5.92 Å². The second-order valence-corrected chi connectivity index (χ2v) is 8.93. The van der Waals surface area contributed by atoms with Crippen LogP contribution in [0.3, 0.4) is 0 Å². The molecular weight excluding hydrogens is 418 g/mol. The number of aromatic nitrogens is 2. The van der Waals surface area contributed by atoms with Crippen LogP contribution in [0.1, 0.15) is 35.7 Å². The largest absolute Gasteiger partial charge is 0.505 e. The predicted octanol–water partition coefficient (Wildman–Crippen LogP) is 6.03. The molecule has 162 valence electrons. The lowest BCUT2D eigenvalue weighted by Crippen LogP contribution is -2.38. The van der Waals surface area contributed by atoms with E-state index in [0.717, 1.165) is 49.0 Å². The first-order valence-electron chi connectivity index (χ1n) is 11.2. The number of benzene rings is 2. The molecule has 0 unspecified atom stereocenters. The Hall–Kier alpha value is -2.95. The number of phenolic OH excluding ortho intramolecular Hbond substituents is 1. The van der Waals surface area contributed by atoms with Crippen LogP contribution in [0.15, 0.2) is 79.1 Å². The maximum absolute atomic E-state index is 11.2. The third kappa shape index (κ3) is 4.21. The van der Waals surface area contributed by atoms with Gasteiger partial charge in [-0.2, -0.15) is 0 Å². The average Bonchev–Trinajstić information content (AvgIpc) is 2.85. The quantitative estimate of drug-likeness (QED) is 0.409. The minimum absolute atomic E-state index is 0.169. The highest BCUT2D eigenvalue weighted by atomic mass is 35.5. The van der Waals surface area contributed by atoms with Gasteiger partial charge in [0.05, 0.1) is 16.8 Å². The SMILES string of the molecule is Oc1c([C@H](c2ccccn2)N2CCC(Cc3ccccc3)CC2)cc(Cl)c2cccnc12. The van der Waals surface area contributed by atoms with Gasteiger partial charge >= 0.3 is 0 Å². The number of halogens is 1. The van der Waals surface area contributed by atoms with Crippen molar-refractivity contribution >= 4 is 22.5 Å². The summed E-state index contributed by atoms with van der Waals surface area (Å²) >= 11 is 6.63. The van der Waals surface area contributed by atoms with Crippen LogP contribution in [0.25, 0.3) is 10.9 Å². The summed E-state index contributed by atoms with van der Waals surface area (Å²) in [5.74, 6) is 0.848. The van der Waals surface area contributed by atoms with E-state index < -0.39 is 0 Å². The van der Waals surface area contributed by atoms with Crippen LogP contribution in [-0.4, -0.2) is 33.1 Å². The third-order valence-corrected chi connectivity index (χ3v) is 6.80. The van der Waals surface area contributed by atoms with Gasteiger partial charge in [0.15, 0.2) is 0 Å². The van der Waals surface area contributed by atoms with E-state index in [2.05, 4.69) is 45.2 Å². The summed E-state index contributed by atoms with van der Waals surface area (Å²) in [5, 5.41) is 12.6. The zero-order valence-electron chi connectivity index (χ0n) is 17.9. The summed E-state index contributed by atoms with van der Waals surface area (Å²) in [7, 11) is 0. The molecule has 1 N–H and O–H groups in total. The summed E-state index contributed by atoms with van der Waals surface area (Å²) in [5.41, 5.74) is 3.62. The molecule has 0 saturated carbocycles. The van der Waals surface area contributed by atoms with Crippen molar-refractivity contribution < 1.29 is 5.11 Å². The summed E-state index contributed by atoms with van der Waals surface area (Å²) < 4.78 is 0. The maximum atomic E-state index is 11.2. The molecule has 4 nitrogen and oxygen atoms in total. The zero-order valence-corrected chi connectivity index (χ0v) is 18.6. The monoisotopic (exact) mass is 443 g/mol. The number of fused-ring (bicyclic) bond motifs is 1. The fourth-order valence-electron chi connectivity index (χ4n) is 4.86. The van der Waals surface area contributed by atoms with E-state index in [0.29, 0.717) is 16.5 Å². The Bertz CT molecular complexity index is 1190. The van der Waals surface area contributed by atoms with E-state index in [4.69, 9.17) is 11.6 Å². The maximum Gasteiger partial charge on any atom is 0.147 e. The van der Waals surface area contributed by atoms with Crippen LogP contribution in [0.5, 0.6) is 5.75 Å². The van der Waals surface area contributed by atoms with Crippen molar-refractivity contribution in [3.63, 3.8) is 0 Å². The number of phenols is 1. The van der Waals surface area contributed by atoms with Crippen LogP contribution in [0.4, 0.5) is 0 Å². The Balaban J connectivity index is 1.46. The molecule has 0 spiro atoms. The number of rotatable bonds is 5. The van der Waals surface area contributed by atoms with Crippen molar-refractivity contribution in [3.05, 3.63) is 101 Å². The smallest absolute Gasteiger partial charge is 0.147 e. The van der Waals surface area contributed by atoms with E-state index >= 15 is 0 Å². The lowest BCUT2D eigenvalue weighted by atomic mass is 9.88. The molecule has 1 aliphatic rings. The van der Waals surface area contributed by atoms with E-state index in [9.17, 15) is 5.11 Å². The van der Waals surface area contributed by atoms with Crippen molar-refractivity contribution in [1.29, 1.82) is 0 Å². The van der Waals surface area contributed by atoms with E-state index in [-0.39, 0.29) is 11.8 Å². The van der Waals surface area contributed by atoms with Gasteiger partial charge in [-0.25, -0.2) is 0 Å². The highest BCUT2D eigenvalue weighted by Crippen LogP contribution is 2.41. The molecule has 1 atom stereocenters. The normalized spacial score (nSPS) is 16.3. The lowest BCUT2D eigenvalue weighted by Gasteiger charge is -2.38. The van der Waals surface area contributed by atoms with Gasteiger partial charge in [-0.05, 0) is 74.2 Å². The average molecular weight is 444 g/mol. The fourth-order valence-corrected chi connectivity index (χ4v) is 5.13.